The van der Waals surface area contributed by atoms with Crippen LogP contribution in [0.3, 0.4) is 0 Å². The van der Waals surface area contributed by atoms with Gasteiger partial charge in [0.1, 0.15) is 0 Å². The summed E-state index contributed by atoms with van der Waals surface area (Å²) in [4.78, 5) is 9.14. The summed E-state index contributed by atoms with van der Waals surface area (Å²) >= 11 is 0. The Hall–Kier alpha value is -1.78. The topological polar surface area (TPSA) is 48.7 Å². The van der Waals surface area contributed by atoms with Crippen LogP contribution in [0.2, 0.25) is 0 Å². The van der Waals surface area contributed by atoms with Crippen LogP contribution in [0.1, 0.15) is 43.5 Å². The smallest absolute Gasteiger partial charge is 0.240 e. The van der Waals surface area contributed by atoms with Crippen molar-refractivity contribution in [2.45, 2.75) is 38.5 Å². The molecule has 0 fully saturated rings. The lowest BCUT2D eigenvalue weighted by Gasteiger charge is -2.20. The van der Waals surface area contributed by atoms with Crippen LogP contribution in [-0.2, 0) is 6.42 Å². The normalized spacial score (nSPS) is 18.4. The van der Waals surface area contributed by atoms with Gasteiger partial charge in [0, 0.05) is 5.92 Å². The van der Waals surface area contributed by atoms with E-state index in [2.05, 4.69) is 11.9 Å². The molecule has 1 aliphatic carbocycles. The summed E-state index contributed by atoms with van der Waals surface area (Å²) in [6.45, 7) is 2.22. The molecular formula is C14H19N3O2. The average Bonchev–Trinajstić information content (AvgIpc) is 2.84. The maximum atomic E-state index is 5.47. The average molecular weight is 261 g/mol. The predicted octanol–water partition coefficient (Wildman–Crippen LogP) is 2.58. The number of methoxy groups -OCH3 is 2. The van der Waals surface area contributed by atoms with E-state index in [1.165, 1.54) is 24.2 Å². The van der Waals surface area contributed by atoms with Crippen LogP contribution in [0.25, 0.3) is 5.78 Å². The Bertz CT molecular complexity index is 606. The van der Waals surface area contributed by atoms with Crippen molar-refractivity contribution in [3.63, 3.8) is 0 Å². The molecule has 0 saturated heterocycles. The molecule has 2 heterocycles. The summed E-state index contributed by atoms with van der Waals surface area (Å²) in [6.07, 6.45) is 4.58. The Kier molecular flexibility index (Phi) is 3.05. The molecule has 2 aromatic heterocycles. The summed E-state index contributed by atoms with van der Waals surface area (Å²) in [5.74, 6) is 2.51. The number of hydrogen-bond acceptors (Lipinski definition) is 4. The highest BCUT2D eigenvalue weighted by atomic mass is 16.5. The van der Waals surface area contributed by atoms with Gasteiger partial charge in [-0.1, -0.05) is 6.92 Å². The molecule has 3 rings (SSSR count). The molecule has 0 N–H and O–H groups in total. The number of aromatic nitrogens is 3. The zero-order chi connectivity index (χ0) is 13.4. The summed E-state index contributed by atoms with van der Waals surface area (Å²) in [7, 11) is 3.27. The van der Waals surface area contributed by atoms with E-state index in [-0.39, 0.29) is 0 Å². The third-order valence-electron chi connectivity index (χ3n) is 3.93. The van der Waals surface area contributed by atoms with Crippen molar-refractivity contribution in [3.05, 3.63) is 17.5 Å². The summed E-state index contributed by atoms with van der Waals surface area (Å²) < 4.78 is 12.7. The maximum Gasteiger partial charge on any atom is 0.240 e. The monoisotopic (exact) mass is 261 g/mol. The number of nitrogens with zero attached hydrogens (tertiary/aromatic N) is 3. The van der Waals surface area contributed by atoms with E-state index in [1.54, 1.807) is 14.2 Å². The molecule has 0 bridgehead atoms. The van der Waals surface area contributed by atoms with Gasteiger partial charge in [-0.05, 0) is 25.7 Å². The number of fused-ring (bicyclic) bond motifs is 3. The first-order valence-electron chi connectivity index (χ1n) is 6.78. The number of ether oxygens (including phenoxy) is 2. The van der Waals surface area contributed by atoms with E-state index in [9.17, 15) is 0 Å². The molecule has 0 amide bonds. The lowest BCUT2D eigenvalue weighted by Crippen LogP contribution is -2.10. The fourth-order valence-corrected chi connectivity index (χ4v) is 2.94. The molecule has 0 aromatic carbocycles. The molecule has 19 heavy (non-hydrogen) atoms. The van der Waals surface area contributed by atoms with E-state index in [1.807, 2.05) is 10.5 Å². The molecule has 0 spiro atoms. The van der Waals surface area contributed by atoms with Gasteiger partial charge in [0.05, 0.1) is 31.7 Å². The fourth-order valence-electron chi connectivity index (χ4n) is 2.94. The van der Waals surface area contributed by atoms with Gasteiger partial charge in [0.25, 0.3) is 0 Å². The lowest BCUT2D eigenvalue weighted by atomic mass is 9.88. The number of imidazole rings is 1. The van der Waals surface area contributed by atoms with E-state index >= 15 is 0 Å². The second-order valence-electron chi connectivity index (χ2n) is 4.92. The van der Waals surface area contributed by atoms with Crippen LogP contribution >= 0.6 is 0 Å². The third kappa shape index (κ3) is 1.84. The number of aryl methyl sites for hydroxylation is 1. The SMILES string of the molecule is CCC1CCCc2c1nc1nc(OC)cc(OC)n21. The molecular weight excluding hydrogens is 242 g/mol. The van der Waals surface area contributed by atoms with E-state index in [0.717, 1.165) is 18.7 Å². The molecule has 2 aromatic rings. The molecule has 5 heteroatoms. The second-order valence-corrected chi connectivity index (χ2v) is 4.92. The largest absolute Gasteiger partial charge is 0.482 e. The third-order valence-corrected chi connectivity index (χ3v) is 3.93. The highest BCUT2D eigenvalue weighted by molar-refractivity contribution is 5.45. The van der Waals surface area contributed by atoms with Crippen molar-refractivity contribution in [1.29, 1.82) is 0 Å². The molecule has 1 atom stereocenters. The van der Waals surface area contributed by atoms with E-state index in [4.69, 9.17) is 14.5 Å². The van der Waals surface area contributed by atoms with Crippen molar-refractivity contribution in [1.82, 2.24) is 14.4 Å². The van der Waals surface area contributed by atoms with Gasteiger partial charge in [-0.2, -0.15) is 4.98 Å². The van der Waals surface area contributed by atoms with E-state index in [0.29, 0.717) is 17.6 Å². The Balaban J connectivity index is 2.26. The Morgan fingerprint density at radius 2 is 2.16 bits per heavy atom. The Morgan fingerprint density at radius 1 is 1.32 bits per heavy atom. The molecule has 1 unspecified atom stereocenters. The van der Waals surface area contributed by atoms with E-state index < -0.39 is 0 Å². The van der Waals surface area contributed by atoms with Gasteiger partial charge in [-0.15, -0.1) is 0 Å². The molecule has 5 nitrogen and oxygen atoms in total. The Labute approximate surface area is 112 Å². The number of hydrogen-bond donors (Lipinski definition) is 0. The van der Waals surface area contributed by atoms with Crippen molar-refractivity contribution < 1.29 is 9.47 Å². The molecule has 1 aliphatic rings. The molecule has 0 aliphatic heterocycles. The van der Waals surface area contributed by atoms with Gasteiger partial charge in [-0.3, -0.25) is 4.40 Å². The van der Waals surface area contributed by atoms with Gasteiger partial charge in [0.2, 0.25) is 17.5 Å². The minimum absolute atomic E-state index is 0.541. The predicted molar refractivity (Wildman–Crippen MR) is 72.1 cm³/mol. The standard InChI is InChI=1S/C14H19N3O2/c1-4-9-6-5-7-10-13(9)16-14-15-11(18-2)8-12(19-3)17(10)14/h8-9H,4-7H2,1-3H3. The zero-order valence-electron chi connectivity index (χ0n) is 11.6. The fraction of sp³-hybridized carbons (Fsp3) is 0.571. The summed E-state index contributed by atoms with van der Waals surface area (Å²) in [5.41, 5.74) is 2.44. The van der Waals surface area contributed by atoms with Crippen molar-refractivity contribution in [3.8, 4) is 11.8 Å². The van der Waals surface area contributed by atoms with Crippen LogP contribution in [0.5, 0.6) is 11.8 Å². The molecule has 102 valence electrons. The molecule has 0 saturated carbocycles. The van der Waals surface area contributed by atoms with Crippen LogP contribution < -0.4 is 9.47 Å². The highest BCUT2D eigenvalue weighted by Crippen LogP contribution is 2.35. The van der Waals surface area contributed by atoms with Crippen molar-refractivity contribution >= 4 is 5.78 Å². The van der Waals surface area contributed by atoms with Gasteiger partial charge < -0.3 is 9.47 Å². The second kappa shape index (κ2) is 4.72. The van der Waals surface area contributed by atoms with Crippen LogP contribution in [0.15, 0.2) is 6.07 Å². The maximum absolute atomic E-state index is 5.47. The Morgan fingerprint density at radius 3 is 2.84 bits per heavy atom. The molecule has 0 radical (unpaired) electrons. The summed E-state index contributed by atoms with van der Waals surface area (Å²) in [5, 5.41) is 0. The zero-order valence-corrected chi connectivity index (χ0v) is 11.6. The van der Waals surface area contributed by atoms with Crippen LogP contribution in [0, 0.1) is 0 Å². The number of rotatable bonds is 3. The van der Waals surface area contributed by atoms with Crippen molar-refractivity contribution in [2.75, 3.05) is 14.2 Å². The van der Waals surface area contributed by atoms with Crippen molar-refractivity contribution in [2.24, 2.45) is 0 Å². The van der Waals surface area contributed by atoms with Gasteiger partial charge in [-0.25, -0.2) is 4.98 Å². The minimum Gasteiger partial charge on any atom is -0.482 e. The van der Waals surface area contributed by atoms with Crippen LogP contribution in [0.4, 0.5) is 0 Å². The quantitative estimate of drug-likeness (QED) is 0.852. The van der Waals surface area contributed by atoms with Gasteiger partial charge in [0.15, 0.2) is 0 Å². The first-order valence-corrected chi connectivity index (χ1v) is 6.78. The lowest BCUT2D eigenvalue weighted by molar-refractivity contribution is 0.368. The van der Waals surface area contributed by atoms with Crippen LogP contribution in [-0.4, -0.2) is 28.6 Å². The first kappa shape index (κ1) is 12.3. The summed E-state index contributed by atoms with van der Waals surface area (Å²) in [6, 6.07) is 1.81. The highest BCUT2D eigenvalue weighted by Gasteiger charge is 2.26. The minimum atomic E-state index is 0.541. The first-order chi connectivity index (χ1) is 9.28. The van der Waals surface area contributed by atoms with Gasteiger partial charge >= 0.3 is 0 Å².